The zero-order chi connectivity index (χ0) is 17.9. The quantitative estimate of drug-likeness (QED) is 0.439. The number of fused-ring (bicyclic) bond motifs is 3. The van der Waals surface area contributed by atoms with Gasteiger partial charge in [-0.3, -0.25) is 0 Å². The summed E-state index contributed by atoms with van der Waals surface area (Å²) in [6.07, 6.45) is 2.22. The smallest absolute Gasteiger partial charge is 0.211 e. The van der Waals surface area contributed by atoms with E-state index in [0.29, 0.717) is 10.9 Å². The number of aromatic nitrogens is 4. The third-order valence-corrected chi connectivity index (χ3v) is 5.28. The second kappa shape index (κ2) is 7.41. The summed E-state index contributed by atoms with van der Waals surface area (Å²) in [5, 5.41) is 10.5. The Morgan fingerprint density at radius 3 is 2.65 bits per heavy atom. The highest BCUT2D eigenvalue weighted by molar-refractivity contribution is 7.98. The van der Waals surface area contributed by atoms with Crippen LogP contribution in [0.1, 0.15) is 25.3 Å². The van der Waals surface area contributed by atoms with Crippen molar-refractivity contribution in [3.63, 3.8) is 0 Å². The van der Waals surface area contributed by atoms with Crippen LogP contribution in [0, 0.1) is 5.82 Å². The molecule has 0 saturated heterocycles. The van der Waals surface area contributed by atoms with Gasteiger partial charge in [0.15, 0.2) is 5.65 Å². The first kappa shape index (κ1) is 17.0. The summed E-state index contributed by atoms with van der Waals surface area (Å²) >= 11 is 1.52. The van der Waals surface area contributed by atoms with E-state index in [0.717, 1.165) is 47.0 Å². The number of unbranched alkanes of at least 4 members (excludes halogenated alkanes) is 1. The molecule has 0 aliphatic rings. The van der Waals surface area contributed by atoms with Crippen LogP contribution in [0.2, 0.25) is 0 Å². The summed E-state index contributed by atoms with van der Waals surface area (Å²) < 4.78 is 15.3. The summed E-state index contributed by atoms with van der Waals surface area (Å²) in [7, 11) is 0. The lowest BCUT2D eigenvalue weighted by Gasteiger charge is -2.06. The first-order valence-electron chi connectivity index (χ1n) is 8.75. The molecule has 0 amide bonds. The van der Waals surface area contributed by atoms with Crippen molar-refractivity contribution in [3.8, 4) is 0 Å². The van der Waals surface area contributed by atoms with Crippen LogP contribution in [0.15, 0.2) is 53.7 Å². The maximum Gasteiger partial charge on any atom is 0.211 e. The summed E-state index contributed by atoms with van der Waals surface area (Å²) in [6, 6.07) is 14.8. The first-order chi connectivity index (χ1) is 12.8. The predicted molar refractivity (Wildman–Crippen MR) is 104 cm³/mol. The fraction of sp³-hybridized carbons (Fsp3) is 0.250. The highest BCUT2D eigenvalue weighted by Crippen LogP contribution is 2.28. The van der Waals surface area contributed by atoms with Gasteiger partial charge >= 0.3 is 0 Å². The third kappa shape index (κ3) is 3.29. The monoisotopic (exact) mass is 366 g/mol. The van der Waals surface area contributed by atoms with Crippen molar-refractivity contribution in [3.05, 3.63) is 59.9 Å². The molecule has 4 aromatic rings. The Morgan fingerprint density at radius 2 is 1.85 bits per heavy atom. The predicted octanol–water partition coefficient (Wildman–Crippen LogP) is 5.21. The molecule has 0 radical (unpaired) electrons. The molecule has 2 aromatic carbocycles. The third-order valence-electron chi connectivity index (χ3n) is 4.37. The Kier molecular flexibility index (Phi) is 4.84. The number of nitrogens with zero attached hydrogens (tertiary/aromatic N) is 4. The Bertz CT molecular complexity index is 1040. The van der Waals surface area contributed by atoms with Gasteiger partial charge in [-0.25, -0.2) is 9.37 Å². The van der Waals surface area contributed by atoms with Crippen molar-refractivity contribution in [1.29, 1.82) is 0 Å². The van der Waals surface area contributed by atoms with Gasteiger partial charge in [-0.2, -0.15) is 0 Å². The van der Waals surface area contributed by atoms with Gasteiger partial charge in [-0.15, -0.1) is 10.2 Å². The molecule has 2 aromatic heterocycles. The lowest BCUT2D eigenvalue weighted by Crippen LogP contribution is -2.01. The molecule has 0 spiro atoms. The van der Waals surface area contributed by atoms with E-state index < -0.39 is 0 Å². The second-order valence-corrected chi connectivity index (χ2v) is 7.15. The molecule has 0 aliphatic heterocycles. The molecule has 4 nitrogen and oxygen atoms in total. The molecular formula is C20H19FN4S. The standard InChI is InChI=1S/C20H19FN4S/c1-2-3-12-25-17-7-5-4-6-16(17)18-19(25)22-20(24-23-18)26-13-14-8-10-15(21)11-9-14/h4-11H,2-3,12-13H2,1H3. The molecule has 26 heavy (non-hydrogen) atoms. The summed E-state index contributed by atoms with van der Waals surface area (Å²) in [6.45, 7) is 3.10. The fourth-order valence-electron chi connectivity index (χ4n) is 3.02. The normalized spacial score (nSPS) is 11.5. The van der Waals surface area contributed by atoms with Crippen LogP contribution in [-0.4, -0.2) is 19.7 Å². The van der Waals surface area contributed by atoms with Gasteiger partial charge in [0.2, 0.25) is 5.16 Å². The molecule has 0 fully saturated rings. The van der Waals surface area contributed by atoms with Crippen molar-refractivity contribution < 1.29 is 4.39 Å². The van der Waals surface area contributed by atoms with Crippen LogP contribution in [0.4, 0.5) is 4.39 Å². The van der Waals surface area contributed by atoms with Crippen molar-refractivity contribution in [2.75, 3.05) is 0 Å². The van der Waals surface area contributed by atoms with Crippen molar-refractivity contribution >= 4 is 33.8 Å². The number of aryl methyl sites for hydroxylation is 1. The molecule has 0 saturated carbocycles. The van der Waals surface area contributed by atoms with E-state index in [1.807, 2.05) is 12.1 Å². The molecule has 0 unspecified atom stereocenters. The maximum absolute atomic E-state index is 13.0. The van der Waals surface area contributed by atoms with Gasteiger partial charge in [-0.1, -0.05) is 55.4 Å². The molecule has 0 bridgehead atoms. The lowest BCUT2D eigenvalue weighted by molar-refractivity contribution is 0.627. The number of para-hydroxylation sites is 1. The summed E-state index contributed by atoms with van der Waals surface area (Å²) in [5.74, 6) is 0.460. The van der Waals surface area contributed by atoms with E-state index in [2.05, 4.69) is 33.8 Å². The molecule has 0 N–H and O–H groups in total. The lowest BCUT2D eigenvalue weighted by atomic mass is 10.2. The molecule has 0 atom stereocenters. The van der Waals surface area contributed by atoms with E-state index in [1.165, 1.54) is 23.9 Å². The van der Waals surface area contributed by atoms with Crippen molar-refractivity contribution in [2.24, 2.45) is 0 Å². The van der Waals surface area contributed by atoms with Gasteiger partial charge in [-0.05, 0) is 30.2 Å². The zero-order valence-electron chi connectivity index (χ0n) is 14.5. The fourth-order valence-corrected chi connectivity index (χ4v) is 3.76. The molecule has 2 heterocycles. The largest absolute Gasteiger partial charge is 0.324 e. The second-order valence-electron chi connectivity index (χ2n) is 6.20. The zero-order valence-corrected chi connectivity index (χ0v) is 15.3. The number of rotatable bonds is 6. The molecule has 4 rings (SSSR count). The van der Waals surface area contributed by atoms with E-state index in [-0.39, 0.29) is 5.82 Å². The molecule has 6 heteroatoms. The average molecular weight is 366 g/mol. The van der Waals surface area contributed by atoms with Crippen molar-refractivity contribution in [2.45, 2.75) is 37.2 Å². The van der Waals surface area contributed by atoms with E-state index in [1.54, 1.807) is 12.1 Å². The van der Waals surface area contributed by atoms with Crippen LogP contribution in [0.25, 0.3) is 22.1 Å². The van der Waals surface area contributed by atoms with E-state index in [9.17, 15) is 4.39 Å². The van der Waals surface area contributed by atoms with Crippen LogP contribution < -0.4 is 0 Å². The number of hydrogen-bond acceptors (Lipinski definition) is 4. The minimum atomic E-state index is -0.224. The molecule has 132 valence electrons. The Hall–Kier alpha value is -2.47. The Labute approximate surface area is 155 Å². The SMILES string of the molecule is CCCCn1c2ccccc2c2nnc(SCc3ccc(F)cc3)nc21. The Morgan fingerprint density at radius 1 is 1.04 bits per heavy atom. The van der Waals surface area contributed by atoms with Crippen LogP contribution in [-0.2, 0) is 12.3 Å². The number of thioether (sulfide) groups is 1. The number of halogens is 1. The van der Waals surface area contributed by atoms with Gasteiger partial charge < -0.3 is 4.57 Å². The van der Waals surface area contributed by atoms with E-state index in [4.69, 9.17) is 4.98 Å². The first-order valence-corrected chi connectivity index (χ1v) is 9.73. The average Bonchev–Trinajstić information content (AvgIpc) is 2.99. The minimum Gasteiger partial charge on any atom is -0.324 e. The molecular weight excluding hydrogens is 347 g/mol. The number of hydrogen-bond donors (Lipinski definition) is 0. The molecule has 0 aliphatic carbocycles. The highest BCUT2D eigenvalue weighted by atomic mass is 32.2. The highest BCUT2D eigenvalue weighted by Gasteiger charge is 2.14. The van der Waals surface area contributed by atoms with Crippen LogP contribution in [0.5, 0.6) is 0 Å². The number of benzene rings is 2. The van der Waals surface area contributed by atoms with Gasteiger partial charge in [0, 0.05) is 17.7 Å². The van der Waals surface area contributed by atoms with Gasteiger partial charge in [0.25, 0.3) is 0 Å². The summed E-state index contributed by atoms with van der Waals surface area (Å²) in [4.78, 5) is 4.78. The Balaban J connectivity index is 1.68. The van der Waals surface area contributed by atoms with Gasteiger partial charge in [0.05, 0.1) is 5.52 Å². The van der Waals surface area contributed by atoms with Crippen LogP contribution >= 0.6 is 11.8 Å². The van der Waals surface area contributed by atoms with Crippen LogP contribution in [0.3, 0.4) is 0 Å². The summed E-state index contributed by atoms with van der Waals surface area (Å²) in [5.41, 5.74) is 3.92. The maximum atomic E-state index is 13.0. The van der Waals surface area contributed by atoms with E-state index >= 15 is 0 Å². The minimum absolute atomic E-state index is 0.224. The topological polar surface area (TPSA) is 43.6 Å². The van der Waals surface area contributed by atoms with Gasteiger partial charge in [0.1, 0.15) is 11.3 Å². The van der Waals surface area contributed by atoms with Crippen molar-refractivity contribution in [1.82, 2.24) is 19.7 Å².